The molecule has 1 aliphatic heterocycles. The Morgan fingerprint density at radius 1 is 1.41 bits per heavy atom. The molecular formula is C14H18N4O4. The summed E-state index contributed by atoms with van der Waals surface area (Å²) in [6, 6.07) is 1.65. The predicted molar refractivity (Wildman–Crippen MR) is 73.9 cm³/mol. The van der Waals surface area contributed by atoms with E-state index in [4.69, 9.17) is 13.8 Å². The van der Waals surface area contributed by atoms with Gasteiger partial charge in [0.15, 0.2) is 11.5 Å². The first kappa shape index (κ1) is 14.7. The molecule has 0 radical (unpaired) electrons. The molecule has 1 aliphatic rings. The van der Waals surface area contributed by atoms with Crippen LogP contribution in [0.4, 0.5) is 0 Å². The van der Waals surface area contributed by atoms with Crippen molar-refractivity contribution in [2.24, 2.45) is 0 Å². The first-order chi connectivity index (χ1) is 10.8. The van der Waals surface area contributed by atoms with Gasteiger partial charge in [0.25, 0.3) is 11.8 Å². The number of nitrogens with one attached hydrogen (secondary N) is 1. The molecule has 2 aromatic rings. The van der Waals surface area contributed by atoms with Crippen LogP contribution in [-0.2, 0) is 17.7 Å². The normalized spacial score (nSPS) is 17.8. The topological polar surface area (TPSA) is 103 Å². The summed E-state index contributed by atoms with van der Waals surface area (Å²) >= 11 is 0. The van der Waals surface area contributed by atoms with Gasteiger partial charge < -0.3 is 19.1 Å². The zero-order chi connectivity index (χ0) is 15.4. The number of aryl methyl sites for hydroxylation is 1. The number of carbonyl (C=O) groups excluding carboxylic acids is 1. The standard InChI is InChI=1S/C14H18N4O4/c1-2-4-9-7-10(17-21-9)13(19)15-8-12-16-14(22-18-12)11-5-3-6-20-11/h7,11H,2-6,8H2,1H3,(H,15,19). The van der Waals surface area contributed by atoms with Gasteiger partial charge in [0.1, 0.15) is 11.9 Å². The average Bonchev–Trinajstić information content (AvgIpc) is 3.25. The molecule has 1 saturated heterocycles. The highest BCUT2D eigenvalue weighted by Crippen LogP contribution is 2.26. The molecule has 22 heavy (non-hydrogen) atoms. The van der Waals surface area contributed by atoms with Crippen molar-refractivity contribution in [2.45, 2.75) is 45.3 Å². The van der Waals surface area contributed by atoms with Gasteiger partial charge in [-0.1, -0.05) is 17.2 Å². The van der Waals surface area contributed by atoms with E-state index in [1.54, 1.807) is 6.07 Å². The van der Waals surface area contributed by atoms with Gasteiger partial charge in [0, 0.05) is 19.1 Å². The fourth-order valence-electron chi connectivity index (χ4n) is 2.28. The van der Waals surface area contributed by atoms with Gasteiger partial charge in [-0.3, -0.25) is 4.79 Å². The summed E-state index contributed by atoms with van der Waals surface area (Å²) in [5.74, 6) is 1.26. The zero-order valence-electron chi connectivity index (χ0n) is 12.4. The molecule has 0 bridgehead atoms. The van der Waals surface area contributed by atoms with E-state index in [0.29, 0.717) is 24.1 Å². The van der Waals surface area contributed by atoms with Crippen LogP contribution in [0.5, 0.6) is 0 Å². The molecule has 8 nitrogen and oxygen atoms in total. The third-order valence-corrected chi connectivity index (χ3v) is 3.38. The van der Waals surface area contributed by atoms with Crippen LogP contribution in [0.25, 0.3) is 0 Å². The van der Waals surface area contributed by atoms with Crippen LogP contribution >= 0.6 is 0 Å². The Balaban J connectivity index is 1.54. The molecule has 2 aromatic heterocycles. The summed E-state index contributed by atoms with van der Waals surface area (Å²) in [6.07, 6.45) is 3.45. The van der Waals surface area contributed by atoms with E-state index in [-0.39, 0.29) is 24.2 Å². The number of amides is 1. The number of hydrogen-bond acceptors (Lipinski definition) is 7. The van der Waals surface area contributed by atoms with E-state index in [1.807, 2.05) is 6.92 Å². The quantitative estimate of drug-likeness (QED) is 0.867. The van der Waals surface area contributed by atoms with E-state index >= 15 is 0 Å². The summed E-state index contributed by atoms with van der Waals surface area (Å²) in [4.78, 5) is 16.2. The molecule has 0 aliphatic carbocycles. The van der Waals surface area contributed by atoms with Crippen molar-refractivity contribution in [3.8, 4) is 0 Å². The van der Waals surface area contributed by atoms with E-state index < -0.39 is 0 Å². The van der Waals surface area contributed by atoms with Crippen LogP contribution in [-0.4, -0.2) is 27.8 Å². The SMILES string of the molecule is CCCc1cc(C(=O)NCc2noc(C3CCCO3)n2)no1. The Morgan fingerprint density at radius 2 is 2.32 bits per heavy atom. The molecule has 0 aromatic carbocycles. The highest BCUT2D eigenvalue weighted by Gasteiger charge is 2.24. The molecule has 1 unspecified atom stereocenters. The van der Waals surface area contributed by atoms with Crippen molar-refractivity contribution in [3.05, 3.63) is 29.2 Å². The average molecular weight is 306 g/mol. The van der Waals surface area contributed by atoms with Crippen LogP contribution in [0, 0.1) is 0 Å². The predicted octanol–water partition coefficient (Wildman–Crippen LogP) is 1.79. The number of aromatic nitrogens is 3. The smallest absolute Gasteiger partial charge is 0.273 e. The number of rotatable bonds is 6. The maximum absolute atomic E-state index is 12.0. The minimum absolute atomic E-state index is 0.121. The second-order valence-electron chi connectivity index (χ2n) is 5.16. The lowest BCUT2D eigenvalue weighted by molar-refractivity contribution is 0.0835. The lowest BCUT2D eigenvalue weighted by Gasteiger charge is -2.00. The van der Waals surface area contributed by atoms with Gasteiger partial charge in [-0.25, -0.2) is 0 Å². The van der Waals surface area contributed by atoms with Crippen LogP contribution < -0.4 is 5.32 Å². The van der Waals surface area contributed by atoms with Gasteiger partial charge in [-0.2, -0.15) is 4.98 Å². The highest BCUT2D eigenvalue weighted by atomic mass is 16.5. The van der Waals surface area contributed by atoms with Crippen LogP contribution in [0.15, 0.2) is 15.1 Å². The van der Waals surface area contributed by atoms with Crippen molar-refractivity contribution in [2.75, 3.05) is 6.61 Å². The molecule has 1 atom stereocenters. The molecular weight excluding hydrogens is 288 g/mol. The lowest BCUT2D eigenvalue weighted by Crippen LogP contribution is -2.23. The van der Waals surface area contributed by atoms with Gasteiger partial charge in [0.05, 0.1) is 6.54 Å². The molecule has 1 amide bonds. The Labute approximate surface area is 127 Å². The number of ether oxygens (including phenoxy) is 1. The first-order valence-corrected chi connectivity index (χ1v) is 7.44. The molecule has 1 N–H and O–H groups in total. The van der Waals surface area contributed by atoms with Crippen molar-refractivity contribution < 1.29 is 18.6 Å². The van der Waals surface area contributed by atoms with E-state index in [0.717, 1.165) is 25.7 Å². The number of hydrogen-bond donors (Lipinski definition) is 1. The number of carbonyl (C=O) groups is 1. The minimum atomic E-state index is -0.324. The minimum Gasteiger partial charge on any atom is -0.368 e. The number of nitrogens with zero attached hydrogens (tertiary/aromatic N) is 3. The fraction of sp³-hybridized carbons (Fsp3) is 0.571. The van der Waals surface area contributed by atoms with E-state index in [9.17, 15) is 4.79 Å². The summed E-state index contributed by atoms with van der Waals surface area (Å²) < 4.78 is 15.7. The summed E-state index contributed by atoms with van der Waals surface area (Å²) in [5, 5.41) is 10.3. The summed E-state index contributed by atoms with van der Waals surface area (Å²) in [7, 11) is 0. The van der Waals surface area contributed by atoms with Crippen molar-refractivity contribution in [1.29, 1.82) is 0 Å². The molecule has 1 fully saturated rings. The third kappa shape index (κ3) is 3.33. The summed E-state index contributed by atoms with van der Waals surface area (Å²) in [6.45, 7) is 2.92. The maximum Gasteiger partial charge on any atom is 0.273 e. The van der Waals surface area contributed by atoms with Crippen LogP contribution in [0.2, 0.25) is 0 Å². The van der Waals surface area contributed by atoms with Crippen molar-refractivity contribution in [1.82, 2.24) is 20.6 Å². The van der Waals surface area contributed by atoms with Gasteiger partial charge in [-0.05, 0) is 19.3 Å². The molecule has 118 valence electrons. The van der Waals surface area contributed by atoms with Crippen molar-refractivity contribution in [3.63, 3.8) is 0 Å². The largest absolute Gasteiger partial charge is 0.368 e. The van der Waals surface area contributed by atoms with Crippen LogP contribution in [0.3, 0.4) is 0 Å². The lowest BCUT2D eigenvalue weighted by atomic mass is 10.2. The molecule has 0 spiro atoms. The molecule has 3 heterocycles. The maximum atomic E-state index is 12.0. The molecule has 8 heteroatoms. The fourth-order valence-corrected chi connectivity index (χ4v) is 2.28. The second kappa shape index (κ2) is 6.69. The zero-order valence-corrected chi connectivity index (χ0v) is 12.4. The van der Waals surface area contributed by atoms with Gasteiger partial charge >= 0.3 is 0 Å². The monoisotopic (exact) mass is 306 g/mol. The van der Waals surface area contributed by atoms with E-state index in [1.165, 1.54) is 0 Å². The second-order valence-corrected chi connectivity index (χ2v) is 5.16. The third-order valence-electron chi connectivity index (χ3n) is 3.38. The van der Waals surface area contributed by atoms with Gasteiger partial charge in [0.2, 0.25) is 0 Å². The molecule has 0 saturated carbocycles. The Bertz CT molecular complexity index is 630. The summed E-state index contributed by atoms with van der Waals surface area (Å²) in [5.41, 5.74) is 0.256. The van der Waals surface area contributed by atoms with Crippen LogP contribution in [0.1, 0.15) is 60.3 Å². The molecule has 3 rings (SSSR count). The Hall–Kier alpha value is -2.22. The van der Waals surface area contributed by atoms with Gasteiger partial charge in [-0.15, -0.1) is 0 Å². The van der Waals surface area contributed by atoms with E-state index in [2.05, 4.69) is 20.6 Å². The Kier molecular flexibility index (Phi) is 4.47. The van der Waals surface area contributed by atoms with Crippen molar-refractivity contribution >= 4 is 5.91 Å². The highest BCUT2D eigenvalue weighted by molar-refractivity contribution is 5.92. The Morgan fingerprint density at radius 3 is 3.09 bits per heavy atom. The first-order valence-electron chi connectivity index (χ1n) is 7.44.